The summed E-state index contributed by atoms with van der Waals surface area (Å²) in [5.41, 5.74) is 1.42. The molecule has 22 heavy (non-hydrogen) atoms. The second kappa shape index (κ2) is 5.73. The number of methoxy groups -OCH3 is 1. The van der Waals surface area contributed by atoms with Crippen LogP contribution in [-0.4, -0.2) is 22.8 Å². The SMILES string of the molecule is COc1ccc(N2C(=O)SC(=Cc3cccn3C)C2=O)cc1. The van der Waals surface area contributed by atoms with Crippen molar-refractivity contribution in [2.75, 3.05) is 12.0 Å². The van der Waals surface area contributed by atoms with Crippen molar-refractivity contribution >= 4 is 34.7 Å². The number of amides is 2. The first-order chi connectivity index (χ1) is 10.6. The van der Waals surface area contributed by atoms with E-state index in [0.29, 0.717) is 16.3 Å². The van der Waals surface area contributed by atoms with Crippen LogP contribution in [0.4, 0.5) is 10.5 Å². The molecule has 1 saturated heterocycles. The standard InChI is InChI=1S/C16H14N2O3S/c1-17-9-3-4-12(17)10-14-15(19)18(16(20)22-14)11-5-7-13(21-2)8-6-11/h3-10H,1-2H3. The molecule has 0 aliphatic carbocycles. The third-order valence-electron chi connectivity index (χ3n) is 3.39. The molecular weight excluding hydrogens is 300 g/mol. The average Bonchev–Trinajstić information content (AvgIpc) is 3.04. The van der Waals surface area contributed by atoms with Crippen molar-refractivity contribution in [1.82, 2.24) is 4.57 Å². The van der Waals surface area contributed by atoms with Crippen molar-refractivity contribution in [1.29, 1.82) is 0 Å². The minimum Gasteiger partial charge on any atom is -0.497 e. The van der Waals surface area contributed by atoms with Crippen LogP contribution in [0, 0.1) is 0 Å². The number of anilines is 1. The lowest BCUT2D eigenvalue weighted by molar-refractivity contribution is -0.113. The third kappa shape index (κ3) is 2.53. The van der Waals surface area contributed by atoms with Gasteiger partial charge in [-0.1, -0.05) is 0 Å². The summed E-state index contributed by atoms with van der Waals surface area (Å²) in [7, 11) is 3.46. The number of rotatable bonds is 3. The molecule has 0 radical (unpaired) electrons. The van der Waals surface area contributed by atoms with E-state index in [2.05, 4.69) is 0 Å². The molecule has 1 aliphatic rings. The van der Waals surface area contributed by atoms with Gasteiger partial charge in [0.25, 0.3) is 11.1 Å². The number of hydrogen-bond donors (Lipinski definition) is 0. The molecule has 2 heterocycles. The summed E-state index contributed by atoms with van der Waals surface area (Å²) in [5, 5.41) is -0.296. The number of hydrogen-bond acceptors (Lipinski definition) is 4. The van der Waals surface area contributed by atoms with E-state index in [1.54, 1.807) is 37.5 Å². The lowest BCUT2D eigenvalue weighted by Gasteiger charge is -2.12. The summed E-state index contributed by atoms with van der Waals surface area (Å²) in [6.45, 7) is 0. The van der Waals surface area contributed by atoms with Crippen LogP contribution >= 0.6 is 11.8 Å². The second-order valence-corrected chi connectivity index (χ2v) is 5.75. The zero-order valence-electron chi connectivity index (χ0n) is 12.1. The Hall–Kier alpha value is -2.47. The Bertz CT molecular complexity index is 762. The number of benzene rings is 1. The van der Waals surface area contributed by atoms with E-state index in [1.807, 2.05) is 29.9 Å². The number of nitrogens with zero attached hydrogens (tertiary/aromatic N) is 2. The molecule has 112 valence electrons. The van der Waals surface area contributed by atoms with E-state index in [0.717, 1.165) is 17.5 Å². The second-order valence-electron chi connectivity index (χ2n) is 4.76. The first-order valence-corrected chi connectivity index (χ1v) is 7.45. The fraction of sp³-hybridized carbons (Fsp3) is 0.125. The molecule has 1 aliphatic heterocycles. The molecule has 0 spiro atoms. The third-order valence-corrected chi connectivity index (χ3v) is 4.26. The molecule has 6 heteroatoms. The van der Waals surface area contributed by atoms with Crippen molar-refractivity contribution in [3.05, 3.63) is 53.2 Å². The van der Waals surface area contributed by atoms with Crippen LogP contribution in [0.2, 0.25) is 0 Å². The quantitative estimate of drug-likeness (QED) is 0.816. The summed E-state index contributed by atoms with van der Waals surface area (Å²) in [5.74, 6) is 0.372. The number of aryl methyl sites for hydroxylation is 1. The van der Waals surface area contributed by atoms with E-state index < -0.39 is 0 Å². The molecule has 0 N–H and O–H groups in total. The van der Waals surface area contributed by atoms with Crippen LogP contribution < -0.4 is 9.64 Å². The molecule has 1 aromatic heterocycles. The Labute approximate surface area is 132 Å². The molecule has 0 saturated carbocycles. The van der Waals surface area contributed by atoms with E-state index in [-0.39, 0.29) is 11.1 Å². The number of carbonyl (C=O) groups excluding carboxylic acids is 2. The Morgan fingerprint density at radius 2 is 1.86 bits per heavy atom. The lowest BCUT2D eigenvalue weighted by Crippen LogP contribution is -2.27. The van der Waals surface area contributed by atoms with Gasteiger partial charge in [-0.05, 0) is 54.2 Å². The summed E-state index contributed by atoms with van der Waals surface area (Å²) in [6.07, 6.45) is 3.62. The van der Waals surface area contributed by atoms with Gasteiger partial charge in [0.1, 0.15) is 5.75 Å². The van der Waals surface area contributed by atoms with Gasteiger partial charge in [0.15, 0.2) is 0 Å². The maximum atomic E-state index is 12.5. The van der Waals surface area contributed by atoms with Crippen molar-refractivity contribution in [3.8, 4) is 5.75 Å². The normalized spacial score (nSPS) is 16.6. The minimum atomic E-state index is -0.304. The number of thioether (sulfide) groups is 1. The largest absolute Gasteiger partial charge is 0.497 e. The molecule has 1 aromatic carbocycles. The molecule has 3 rings (SSSR count). The highest BCUT2D eigenvalue weighted by atomic mass is 32.2. The van der Waals surface area contributed by atoms with Gasteiger partial charge in [-0.25, -0.2) is 4.90 Å². The molecule has 1 fully saturated rings. The van der Waals surface area contributed by atoms with Gasteiger partial charge in [0.05, 0.1) is 17.7 Å². The van der Waals surface area contributed by atoms with E-state index in [4.69, 9.17) is 4.74 Å². The molecule has 5 nitrogen and oxygen atoms in total. The smallest absolute Gasteiger partial charge is 0.298 e. The number of aromatic nitrogens is 1. The number of imide groups is 1. The summed E-state index contributed by atoms with van der Waals surface area (Å²) >= 11 is 0.947. The van der Waals surface area contributed by atoms with Crippen LogP contribution in [0.1, 0.15) is 5.69 Å². The van der Waals surface area contributed by atoms with E-state index in [1.165, 1.54) is 4.90 Å². The number of carbonyl (C=O) groups is 2. The van der Waals surface area contributed by atoms with Crippen LogP contribution in [0.3, 0.4) is 0 Å². The molecule has 0 atom stereocenters. The molecule has 2 aromatic rings. The fourth-order valence-electron chi connectivity index (χ4n) is 2.18. The Kier molecular flexibility index (Phi) is 3.77. The van der Waals surface area contributed by atoms with E-state index in [9.17, 15) is 9.59 Å². The molecule has 0 bridgehead atoms. The van der Waals surface area contributed by atoms with E-state index >= 15 is 0 Å². The van der Waals surface area contributed by atoms with Crippen LogP contribution in [0.15, 0.2) is 47.5 Å². The lowest BCUT2D eigenvalue weighted by atomic mass is 10.2. The highest BCUT2D eigenvalue weighted by Gasteiger charge is 2.36. The van der Waals surface area contributed by atoms with Gasteiger partial charge >= 0.3 is 0 Å². The van der Waals surface area contributed by atoms with Crippen molar-refractivity contribution < 1.29 is 14.3 Å². The first kappa shape index (κ1) is 14.5. The van der Waals surface area contributed by atoms with Crippen molar-refractivity contribution in [2.24, 2.45) is 7.05 Å². The zero-order chi connectivity index (χ0) is 15.7. The molecular formula is C16H14N2O3S. The highest BCUT2D eigenvalue weighted by Crippen LogP contribution is 2.36. The first-order valence-electron chi connectivity index (χ1n) is 6.63. The summed E-state index contributed by atoms with van der Waals surface area (Å²) in [6, 6.07) is 10.6. The van der Waals surface area contributed by atoms with Gasteiger partial charge in [0, 0.05) is 18.9 Å². The van der Waals surface area contributed by atoms with Gasteiger partial charge in [0.2, 0.25) is 0 Å². The van der Waals surface area contributed by atoms with Gasteiger partial charge in [-0.15, -0.1) is 0 Å². The van der Waals surface area contributed by atoms with Crippen LogP contribution in [0.5, 0.6) is 5.75 Å². The summed E-state index contributed by atoms with van der Waals surface area (Å²) < 4.78 is 6.97. The maximum absolute atomic E-state index is 12.5. The van der Waals surface area contributed by atoms with Crippen molar-refractivity contribution in [2.45, 2.75) is 0 Å². The Morgan fingerprint density at radius 3 is 2.45 bits per heavy atom. The summed E-state index contributed by atoms with van der Waals surface area (Å²) in [4.78, 5) is 26.2. The van der Waals surface area contributed by atoms with Gasteiger partial charge in [-0.3, -0.25) is 9.59 Å². The average molecular weight is 314 g/mol. The topological polar surface area (TPSA) is 51.5 Å². The van der Waals surface area contributed by atoms with Crippen molar-refractivity contribution in [3.63, 3.8) is 0 Å². The predicted molar refractivity (Wildman–Crippen MR) is 86.9 cm³/mol. The Morgan fingerprint density at radius 1 is 1.14 bits per heavy atom. The fourth-order valence-corrected chi connectivity index (χ4v) is 3.01. The number of ether oxygens (including phenoxy) is 1. The maximum Gasteiger partial charge on any atom is 0.298 e. The van der Waals surface area contributed by atoms with Crippen LogP contribution in [0.25, 0.3) is 6.08 Å². The highest BCUT2D eigenvalue weighted by molar-refractivity contribution is 8.19. The zero-order valence-corrected chi connectivity index (χ0v) is 13.0. The van der Waals surface area contributed by atoms with Crippen LogP contribution in [-0.2, 0) is 11.8 Å². The monoisotopic (exact) mass is 314 g/mol. The molecule has 0 unspecified atom stereocenters. The predicted octanol–water partition coefficient (Wildman–Crippen LogP) is 3.27. The van der Waals surface area contributed by atoms with Gasteiger partial charge < -0.3 is 9.30 Å². The minimum absolute atomic E-state index is 0.296. The van der Waals surface area contributed by atoms with Gasteiger partial charge in [-0.2, -0.15) is 0 Å². The molecule has 2 amide bonds. The Balaban J connectivity index is 1.91.